The molecule has 0 fully saturated rings. The Labute approximate surface area is 197 Å². The molecule has 0 bridgehead atoms. The molecule has 11 heteroatoms. The molecule has 0 unspecified atom stereocenters. The molecule has 0 aliphatic heterocycles. The highest BCUT2D eigenvalue weighted by Gasteiger charge is 2.19. The molecular weight excluding hydrogens is 480 g/mol. The summed E-state index contributed by atoms with van der Waals surface area (Å²) < 4.78 is 28.1. The van der Waals surface area contributed by atoms with Gasteiger partial charge in [-0.2, -0.15) is 0 Å². The number of halogens is 1. The number of non-ortho nitro benzene ring substituents is 1. The van der Waals surface area contributed by atoms with Crippen LogP contribution in [-0.4, -0.2) is 28.4 Å². The van der Waals surface area contributed by atoms with E-state index in [1.807, 2.05) is 18.2 Å². The lowest BCUT2D eigenvalue weighted by Gasteiger charge is -2.09. The lowest BCUT2D eigenvalue weighted by molar-refractivity contribution is -0.384. The zero-order valence-electron chi connectivity index (χ0n) is 17.2. The molecule has 2 heterocycles. The van der Waals surface area contributed by atoms with Gasteiger partial charge in [0.2, 0.25) is 0 Å². The van der Waals surface area contributed by atoms with E-state index < -0.39 is 14.9 Å². The van der Waals surface area contributed by atoms with Crippen LogP contribution in [0.15, 0.2) is 77.7 Å². The quantitative estimate of drug-likeness (QED) is 0.219. The third-order valence-electron chi connectivity index (χ3n) is 5.31. The van der Waals surface area contributed by atoms with E-state index in [1.54, 1.807) is 24.3 Å². The Hall–Kier alpha value is -4.15. The number of aromatic amines is 1. The van der Waals surface area contributed by atoms with Crippen LogP contribution in [0.2, 0.25) is 5.02 Å². The second-order valence-corrected chi connectivity index (χ2v) is 9.56. The van der Waals surface area contributed by atoms with Gasteiger partial charge in [-0.3, -0.25) is 14.8 Å². The number of rotatable bonds is 5. The Balaban J connectivity index is 1.57. The van der Waals surface area contributed by atoms with Gasteiger partial charge >= 0.3 is 0 Å². The first-order valence-corrected chi connectivity index (χ1v) is 11.8. The summed E-state index contributed by atoms with van der Waals surface area (Å²) in [6, 6.07) is 18.2. The van der Waals surface area contributed by atoms with Crippen molar-refractivity contribution in [3.8, 4) is 17.1 Å². The van der Waals surface area contributed by atoms with Gasteiger partial charge in [0.25, 0.3) is 15.7 Å². The number of para-hydroxylation sites is 1. The fraction of sp³-hybridized carbons (Fsp3) is 0. The minimum absolute atomic E-state index is 0.127. The van der Waals surface area contributed by atoms with Crippen LogP contribution in [0, 0.1) is 10.1 Å². The summed E-state index contributed by atoms with van der Waals surface area (Å²) in [6.07, 6.45) is 0. The van der Waals surface area contributed by atoms with Gasteiger partial charge < -0.3 is 10.1 Å². The van der Waals surface area contributed by atoms with E-state index in [2.05, 4.69) is 14.7 Å². The predicted molar refractivity (Wildman–Crippen MR) is 130 cm³/mol. The lowest BCUT2D eigenvalue weighted by atomic mass is 10.1. The van der Waals surface area contributed by atoms with Crippen molar-refractivity contribution in [1.82, 2.24) is 9.97 Å². The summed E-state index contributed by atoms with van der Waals surface area (Å²) in [5.74, 6) is -0.135. The van der Waals surface area contributed by atoms with Crippen LogP contribution in [0.4, 0.5) is 11.4 Å². The normalized spacial score (nSPS) is 11.7. The van der Waals surface area contributed by atoms with Crippen molar-refractivity contribution in [3.63, 3.8) is 0 Å². The zero-order chi connectivity index (χ0) is 24.0. The average Bonchev–Trinajstić information content (AvgIpc) is 3.14. The topological polar surface area (TPSA) is 138 Å². The molecule has 3 N–H and O–H groups in total. The van der Waals surface area contributed by atoms with E-state index in [0.29, 0.717) is 32.7 Å². The lowest BCUT2D eigenvalue weighted by Crippen LogP contribution is -2.12. The number of benzene rings is 3. The van der Waals surface area contributed by atoms with Gasteiger partial charge in [-0.05, 0) is 42.5 Å². The fourth-order valence-electron chi connectivity index (χ4n) is 3.72. The largest absolute Gasteiger partial charge is 0.494 e. The third kappa shape index (κ3) is 3.78. The maximum Gasteiger partial charge on any atom is 0.269 e. The molecule has 0 aliphatic rings. The van der Waals surface area contributed by atoms with E-state index in [4.69, 9.17) is 11.6 Å². The first-order valence-electron chi connectivity index (χ1n) is 9.90. The minimum atomic E-state index is -4.01. The molecule has 3 aromatic carbocycles. The van der Waals surface area contributed by atoms with E-state index in [0.717, 1.165) is 29.7 Å². The van der Waals surface area contributed by atoms with Crippen LogP contribution in [0.25, 0.3) is 33.1 Å². The van der Waals surface area contributed by atoms with Crippen molar-refractivity contribution < 1.29 is 18.4 Å². The molecule has 0 saturated heterocycles. The average molecular weight is 495 g/mol. The summed E-state index contributed by atoms with van der Waals surface area (Å²) >= 11 is 6.43. The number of nitrogens with one attached hydrogen (secondary N) is 2. The van der Waals surface area contributed by atoms with Gasteiger partial charge in [0.1, 0.15) is 0 Å². The van der Waals surface area contributed by atoms with Crippen molar-refractivity contribution in [2.24, 2.45) is 0 Å². The summed E-state index contributed by atoms with van der Waals surface area (Å²) in [7, 11) is -4.01. The van der Waals surface area contributed by atoms with Gasteiger partial charge in [0, 0.05) is 34.1 Å². The van der Waals surface area contributed by atoms with Crippen LogP contribution in [-0.2, 0) is 10.0 Å². The number of sulfonamides is 1. The highest BCUT2D eigenvalue weighted by atomic mass is 35.5. The monoisotopic (exact) mass is 494 g/mol. The number of hydrogen-bond donors (Lipinski definition) is 3. The smallest absolute Gasteiger partial charge is 0.269 e. The van der Waals surface area contributed by atoms with Crippen LogP contribution >= 0.6 is 11.6 Å². The first-order chi connectivity index (χ1) is 16.2. The molecule has 0 aliphatic carbocycles. The Morgan fingerprint density at radius 2 is 1.74 bits per heavy atom. The van der Waals surface area contributed by atoms with Crippen molar-refractivity contribution in [2.45, 2.75) is 4.90 Å². The molecule has 0 spiro atoms. The molecule has 0 amide bonds. The van der Waals surface area contributed by atoms with Gasteiger partial charge in [-0.1, -0.05) is 29.8 Å². The van der Waals surface area contributed by atoms with Crippen molar-refractivity contribution in [2.75, 3.05) is 4.72 Å². The molecule has 34 heavy (non-hydrogen) atoms. The molecule has 5 aromatic rings. The van der Waals surface area contributed by atoms with Crippen molar-refractivity contribution in [1.29, 1.82) is 0 Å². The Kier molecular flexibility index (Phi) is 5.11. The molecule has 0 radical (unpaired) electrons. The maximum absolute atomic E-state index is 12.8. The van der Waals surface area contributed by atoms with Gasteiger partial charge in [-0.15, -0.1) is 0 Å². The zero-order valence-corrected chi connectivity index (χ0v) is 18.8. The fourth-order valence-corrected chi connectivity index (χ4v) is 5.04. The van der Waals surface area contributed by atoms with Crippen LogP contribution < -0.4 is 4.72 Å². The number of pyridine rings is 1. The highest BCUT2D eigenvalue weighted by molar-refractivity contribution is 7.92. The predicted octanol–water partition coefficient (Wildman–Crippen LogP) is 5.45. The van der Waals surface area contributed by atoms with Crippen LogP contribution in [0.1, 0.15) is 0 Å². The summed E-state index contributed by atoms with van der Waals surface area (Å²) in [4.78, 5) is 17.6. The number of fused-ring (bicyclic) bond motifs is 2. The molecule has 2 aromatic heterocycles. The Morgan fingerprint density at radius 3 is 2.47 bits per heavy atom. The number of nitro benzene ring substituents is 1. The Bertz CT molecular complexity index is 1700. The molecular formula is C23H15ClN4O5S. The standard InChI is InChI=1S/C23H15ClN4O5S/c24-18-12-21(25-19-4-2-1-3-16(18)19)22-17-11-13(5-10-20(17)26-23(22)29)27-34(32,33)15-8-6-14(7-9-15)28(30)31/h1-12,26-27,29H. The van der Waals surface area contributed by atoms with E-state index in [-0.39, 0.29) is 22.2 Å². The molecule has 0 saturated carbocycles. The SMILES string of the molecule is O=[N+]([O-])c1ccc(S(=O)(=O)Nc2ccc3[nH]c(O)c(-c4cc(Cl)c5ccccc5n4)c3c2)cc1. The van der Waals surface area contributed by atoms with E-state index in [9.17, 15) is 23.6 Å². The number of H-pyrrole nitrogens is 1. The van der Waals surface area contributed by atoms with Crippen molar-refractivity contribution >= 4 is 54.8 Å². The molecule has 9 nitrogen and oxygen atoms in total. The number of aromatic nitrogens is 2. The number of anilines is 1. The molecule has 5 rings (SSSR count). The molecule has 0 atom stereocenters. The summed E-state index contributed by atoms with van der Waals surface area (Å²) in [6.45, 7) is 0. The maximum atomic E-state index is 12.8. The number of aromatic hydroxyl groups is 1. The van der Waals surface area contributed by atoms with Crippen LogP contribution in [0.3, 0.4) is 0 Å². The van der Waals surface area contributed by atoms with Gasteiger partial charge in [0.15, 0.2) is 5.88 Å². The van der Waals surface area contributed by atoms with Gasteiger partial charge in [0.05, 0.1) is 31.6 Å². The molecule has 170 valence electrons. The second kappa shape index (κ2) is 8.01. The first kappa shape index (κ1) is 21.7. The third-order valence-corrected chi connectivity index (χ3v) is 7.02. The van der Waals surface area contributed by atoms with E-state index in [1.165, 1.54) is 6.07 Å². The van der Waals surface area contributed by atoms with Crippen LogP contribution in [0.5, 0.6) is 5.88 Å². The number of nitrogens with zero attached hydrogens (tertiary/aromatic N) is 2. The summed E-state index contributed by atoms with van der Waals surface area (Å²) in [5.41, 5.74) is 2.03. The number of hydrogen-bond acceptors (Lipinski definition) is 6. The minimum Gasteiger partial charge on any atom is -0.494 e. The van der Waals surface area contributed by atoms with Gasteiger partial charge in [-0.25, -0.2) is 13.4 Å². The Morgan fingerprint density at radius 1 is 1.00 bits per heavy atom. The number of nitro groups is 1. The summed E-state index contributed by atoms with van der Waals surface area (Å²) in [5, 5.41) is 23.2. The van der Waals surface area contributed by atoms with E-state index >= 15 is 0 Å². The second-order valence-electron chi connectivity index (χ2n) is 7.47. The highest BCUT2D eigenvalue weighted by Crippen LogP contribution is 2.39. The van der Waals surface area contributed by atoms with Crippen molar-refractivity contribution in [3.05, 3.63) is 87.9 Å².